The zero-order chi connectivity index (χ0) is 35.0. The fourth-order valence-corrected chi connectivity index (χ4v) is 5.61. The Morgan fingerprint density at radius 1 is 0.896 bits per heavy atom. The predicted octanol–water partition coefficient (Wildman–Crippen LogP) is 0.419. The molecule has 1 aromatic heterocycles. The molecule has 0 aliphatic carbocycles. The van der Waals surface area contributed by atoms with Gasteiger partial charge in [-0.2, -0.15) is 0 Å². The van der Waals surface area contributed by atoms with Crippen molar-refractivity contribution in [3.8, 4) is 34.3 Å². The first kappa shape index (κ1) is 35.5. The third kappa shape index (κ3) is 6.74. The van der Waals surface area contributed by atoms with Gasteiger partial charge in [0.25, 0.3) is 0 Å². The van der Waals surface area contributed by atoms with Crippen molar-refractivity contribution in [2.24, 2.45) is 0 Å². The lowest BCUT2D eigenvalue weighted by Crippen LogP contribution is -2.64. The highest BCUT2D eigenvalue weighted by molar-refractivity contribution is 5.91. The standard InChI is InChI=1S/C33H40O15/c1-13(2)5-10-17-18(35)11-19(36)21-24(39)30(28(46-29(17)21)15-6-8-16(43-4)9-7-15)47-33-31(26(41)22(37)14(3)44-33)48-32-27(42)25(40)23(38)20(12-34)45-32/h5-9,11,14,20,22-23,25-27,31-38,40-42H,10,12H2,1-4H3/t14-,20+,22-,23+,25-,26+,27+,31+,32-,33+/m0/s1. The highest BCUT2D eigenvalue weighted by Crippen LogP contribution is 2.41. The lowest BCUT2D eigenvalue weighted by atomic mass is 9.97. The van der Waals surface area contributed by atoms with Crippen LogP contribution in [0, 0.1) is 0 Å². The molecular weight excluding hydrogens is 636 g/mol. The number of hydrogen-bond acceptors (Lipinski definition) is 15. The van der Waals surface area contributed by atoms with Gasteiger partial charge in [0.15, 0.2) is 18.2 Å². The molecule has 2 aliphatic heterocycles. The molecule has 15 heteroatoms. The molecule has 0 spiro atoms. The molecule has 0 saturated carbocycles. The largest absolute Gasteiger partial charge is 0.507 e. The van der Waals surface area contributed by atoms with Crippen LogP contribution in [0.25, 0.3) is 22.3 Å². The summed E-state index contributed by atoms with van der Waals surface area (Å²) in [6.45, 7) is 4.37. The third-order valence-corrected chi connectivity index (χ3v) is 8.41. The van der Waals surface area contributed by atoms with E-state index >= 15 is 0 Å². The van der Waals surface area contributed by atoms with E-state index in [1.54, 1.807) is 30.3 Å². The van der Waals surface area contributed by atoms with E-state index in [-0.39, 0.29) is 34.5 Å². The molecule has 0 bridgehead atoms. The van der Waals surface area contributed by atoms with E-state index in [0.29, 0.717) is 11.3 Å². The first-order chi connectivity index (χ1) is 22.8. The molecule has 10 atom stereocenters. The number of aromatic hydroxyl groups is 2. The summed E-state index contributed by atoms with van der Waals surface area (Å²) in [4.78, 5) is 14.3. The molecule has 3 heterocycles. The molecule has 48 heavy (non-hydrogen) atoms. The lowest BCUT2D eigenvalue weighted by molar-refractivity contribution is -0.355. The number of methoxy groups -OCH3 is 1. The van der Waals surface area contributed by atoms with Gasteiger partial charge in [0.1, 0.15) is 64.8 Å². The van der Waals surface area contributed by atoms with E-state index in [4.69, 9.17) is 28.1 Å². The Balaban J connectivity index is 1.65. The van der Waals surface area contributed by atoms with Crippen LogP contribution in [0.3, 0.4) is 0 Å². The number of fused-ring (bicyclic) bond motifs is 1. The van der Waals surface area contributed by atoms with Gasteiger partial charge in [0.2, 0.25) is 17.5 Å². The summed E-state index contributed by atoms with van der Waals surface area (Å²) in [6.07, 6.45) is -14.4. The monoisotopic (exact) mass is 676 g/mol. The summed E-state index contributed by atoms with van der Waals surface area (Å²) in [7, 11) is 1.47. The van der Waals surface area contributed by atoms with E-state index in [1.807, 2.05) is 13.8 Å². The maximum absolute atomic E-state index is 14.3. The Morgan fingerprint density at radius 3 is 2.21 bits per heavy atom. The molecule has 2 saturated heterocycles. The number of aliphatic hydroxyl groups is 6. The average molecular weight is 677 g/mol. The van der Waals surface area contributed by atoms with Gasteiger partial charge in [-0.1, -0.05) is 11.6 Å². The summed E-state index contributed by atoms with van der Waals surface area (Å²) in [5, 5.41) is 83.7. The smallest absolute Gasteiger partial charge is 0.239 e. The molecule has 0 unspecified atom stereocenters. The SMILES string of the molecule is COc1ccc(-c2oc3c(CC=C(C)C)c(O)cc(O)c3c(=O)c2O[C@H]2O[C@@H](C)[C@H](O)[C@@H](O)[C@H]2O[C@@H]2O[C@H](CO)[C@@H](O)[C@H](O)[C@H]2O)cc1. The number of benzene rings is 2. The van der Waals surface area contributed by atoms with Gasteiger partial charge in [-0.15, -0.1) is 0 Å². The molecule has 2 aromatic carbocycles. The second kappa shape index (κ2) is 14.4. The Labute approximate surface area is 274 Å². The molecule has 2 aliphatic rings. The zero-order valence-corrected chi connectivity index (χ0v) is 26.6. The molecule has 3 aromatic rings. The van der Waals surface area contributed by atoms with Crippen molar-refractivity contribution in [1.29, 1.82) is 0 Å². The van der Waals surface area contributed by atoms with Crippen LogP contribution < -0.4 is 14.9 Å². The normalized spacial score (nSPS) is 30.6. The summed E-state index contributed by atoms with van der Waals surface area (Å²) >= 11 is 0. The summed E-state index contributed by atoms with van der Waals surface area (Å²) < 4.78 is 34.6. The van der Waals surface area contributed by atoms with E-state index < -0.39 is 84.9 Å². The lowest BCUT2D eigenvalue weighted by Gasteiger charge is -2.45. The van der Waals surface area contributed by atoms with Crippen molar-refractivity contribution >= 4 is 11.0 Å². The molecule has 5 rings (SSSR count). The zero-order valence-electron chi connectivity index (χ0n) is 26.6. The van der Waals surface area contributed by atoms with Crippen molar-refractivity contribution in [2.75, 3.05) is 13.7 Å². The minimum Gasteiger partial charge on any atom is -0.507 e. The first-order valence-corrected chi connectivity index (χ1v) is 15.2. The quantitative estimate of drug-likeness (QED) is 0.143. The summed E-state index contributed by atoms with van der Waals surface area (Å²) in [5.74, 6) is -1.11. The van der Waals surface area contributed by atoms with E-state index in [0.717, 1.165) is 11.6 Å². The van der Waals surface area contributed by atoms with Crippen molar-refractivity contribution in [3.63, 3.8) is 0 Å². The Morgan fingerprint density at radius 2 is 1.58 bits per heavy atom. The second-order valence-corrected chi connectivity index (χ2v) is 12.0. The molecule has 0 radical (unpaired) electrons. The highest BCUT2D eigenvalue weighted by Gasteiger charge is 2.51. The Bertz CT molecular complexity index is 1680. The van der Waals surface area contributed by atoms with Crippen LogP contribution in [0.2, 0.25) is 0 Å². The van der Waals surface area contributed by atoms with Gasteiger partial charge in [0.05, 0.1) is 19.8 Å². The van der Waals surface area contributed by atoms with Gasteiger partial charge >= 0.3 is 0 Å². The van der Waals surface area contributed by atoms with Crippen LogP contribution in [-0.2, 0) is 20.6 Å². The number of allylic oxidation sites excluding steroid dienone is 2. The van der Waals surface area contributed by atoms with Crippen molar-refractivity contribution in [2.45, 2.75) is 88.6 Å². The number of hydrogen-bond donors (Lipinski definition) is 8. The fourth-order valence-electron chi connectivity index (χ4n) is 5.61. The minimum absolute atomic E-state index is 0.115. The third-order valence-electron chi connectivity index (χ3n) is 8.41. The highest BCUT2D eigenvalue weighted by atomic mass is 16.8. The molecule has 262 valence electrons. The maximum Gasteiger partial charge on any atom is 0.239 e. The van der Waals surface area contributed by atoms with Crippen LogP contribution >= 0.6 is 0 Å². The van der Waals surface area contributed by atoms with Crippen LogP contribution in [0.4, 0.5) is 0 Å². The molecule has 8 N–H and O–H groups in total. The van der Waals surface area contributed by atoms with Gasteiger partial charge in [-0.25, -0.2) is 0 Å². The summed E-state index contributed by atoms with van der Waals surface area (Å²) in [6, 6.07) is 7.34. The van der Waals surface area contributed by atoms with Gasteiger partial charge in [-0.3, -0.25) is 4.79 Å². The molecule has 2 fully saturated rings. The number of ether oxygens (including phenoxy) is 5. The number of rotatable bonds is 9. The summed E-state index contributed by atoms with van der Waals surface area (Å²) in [5.41, 5.74) is 0.434. The van der Waals surface area contributed by atoms with Crippen molar-refractivity contribution in [3.05, 3.63) is 57.8 Å². The topological polar surface area (TPSA) is 238 Å². The van der Waals surface area contributed by atoms with Crippen molar-refractivity contribution in [1.82, 2.24) is 0 Å². The van der Waals surface area contributed by atoms with Crippen LogP contribution in [-0.4, -0.2) is 116 Å². The Hall–Kier alpha value is -3.77. The van der Waals surface area contributed by atoms with Gasteiger partial charge in [0, 0.05) is 17.2 Å². The number of phenolic OH excluding ortho intramolecular Hbond substituents is 2. The van der Waals surface area contributed by atoms with Gasteiger partial charge in [-0.05, 0) is 51.5 Å². The van der Waals surface area contributed by atoms with Crippen molar-refractivity contribution < 1.29 is 69.0 Å². The number of phenols is 2. The van der Waals surface area contributed by atoms with E-state index in [9.17, 15) is 45.6 Å². The minimum atomic E-state index is -1.88. The van der Waals surface area contributed by atoms with E-state index in [1.165, 1.54) is 14.0 Å². The molecule has 15 nitrogen and oxygen atoms in total. The van der Waals surface area contributed by atoms with Crippen LogP contribution in [0.1, 0.15) is 26.3 Å². The Kier molecular flexibility index (Phi) is 10.6. The molecule has 0 amide bonds. The average Bonchev–Trinajstić information content (AvgIpc) is 3.05. The van der Waals surface area contributed by atoms with E-state index in [2.05, 4.69) is 0 Å². The fraction of sp³-hybridized carbons (Fsp3) is 0.485. The predicted molar refractivity (Wildman–Crippen MR) is 167 cm³/mol. The molecular formula is C33H40O15. The van der Waals surface area contributed by atoms with Crippen LogP contribution in [0.15, 0.2) is 51.2 Å². The maximum atomic E-state index is 14.3. The second-order valence-electron chi connectivity index (χ2n) is 12.0. The van der Waals surface area contributed by atoms with Gasteiger partial charge < -0.3 is 69.0 Å². The van der Waals surface area contributed by atoms with Crippen LogP contribution in [0.5, 0.6) is 23.0 Å². The number of aliphatic hydroxyl groups excluding tert-OH is 6. The first-order valence-electron chi connectivity index (χ1n) is 15.2.